The van der Waals surface area contributed by atoms with E-state index in [2.05, 4.69) is 55.9 Å². The Kier molecular flexibility index (Phi) is 31.9. The lowest BCUT2D eigenvalue weighted by Crippen LogP contribution is -2.16. The molecule has 4 aromatic heterocycles. The zero-order chi connectivity index (χ0) is 100.0. The lowest BCUT2D eigenvalue weighted by Gasteiger charge is -2.23. The van der Waals surface area contributed by atoms with Crippen LogP contribution in [0.4, 0.5) is 0 Å². The number of hydrogen-bond donors (Lipinski definition) is 0. The van der Waals surface area contributed by atoms with E-state index >= 15 is 0 Å². The van der Waals surface area contributed by atoms with Crippen molar-refractivity contribution in [2.45, 2.75) is 128 Å². The summed E-state index contributed by atoms with van der Waals surface area (Å²) in [4.78, 5) is 8.48. The van der Waals surface area contributed by atoms with E-state index in [1.165, 1.54) is 51.7 Å². The molecule has 1 aliphatic heterocycles. The lowest BCUT2D eigenvalue weighted by molar-refractivity contribution is 0.00332. The van der Waals surface area contributed by atoms with Crippen molar-refractivity contribution < 1.29 is 84.0 Å². The monoisotopic (exact) mass is 1920 g/mol. The second-order valence-electron chi connectivity index (χ2n) is 35.4. The van der Waals surface area contributed by atoms with Gasteiger partial charge in [0.1, 0.15) is 109 Å². The van der Waals surface area contributed by atoms with Crippen molar-refractivity contribution in [2.75, 3.05) is 20.8 Å². The zero-order valence-electron chi connectivity index (χ0n) is 83.0. The number of fused-ring (bicyclic) bond motifs is 5. The molecule has 0 N–H and O–H groups in total. The fraction of sp³-hybridized carbons (Fsp3) is 0.177. The standard InChI is InChI=1S/C29H28O4.C25H20O4.C24H26O3.C23H18N2O4.C23H22O3/c1-21-9-14-25(15-10-21)32-29(33-26-16-11-22(2)12-17-26)24-13-18-27(30-3)28(19-24)31-20-23-7-5-4-6-8-23;1-16-12-19-14-21(8-10-23(19)26-16)28-25(18-6-4-3-5-7-18)29-22-9-11-24-20(15-22)13-17(2)27-24;1-16-6-10-21(11-7-16)26-24(27-22-12-8-17(2)9-13-22)20-14-18(3)23(25-5)19(4)15-20;1-14-8-17(10-19-21(14)26-12-24-19)28-23(16-6-4-3-5-7-16)29-18-9-15(2)22-20(11-18)25-13-27-22;1-16-3-8-20(9-4-16)25-23(26-21-10-5-17(2)6-11-21)19-7-12-22-18(15-19)13-14-24-22/h4-19,29H,20H2,1-3H3;3-15,25H,1-2H3;6-15,24H,1-5H3;3-13,23H,1-2H3;3-12,15,23H,13-14H2,1-2H3. The maximum atomic E-state index is 6.26. The second-order valence-corrected chi connectivity index (χ2v) is 35.4. The maximum Gasteiger partial charge on any atom is 0.267 e. The Morgan fingerprint density at radius 2 is 0.625 bits per heavy atom. The number of furan rings is 2. The summed E-state index contributed by atoms with van der Waals surface area (Å²) in [7, 11) is 3.32. The molecule has 5 heterocycles. The van der Waals surface area contributed by atoms with Crippen LogP contribution < -0.4 is 66.3 Å². The predicted octanol–water partition coefficient (Wildman–Crippen LogP) is 31.2. The Bertz CT molecular complexity index is 7270. The summed E-state index contributed by atoms with van der Waals surface area (Å²) in [5, 5.41) is 2.00. The number of benzene rings is 16. The van der Waals surface area contributed by atoms with Gasteiger partial charge in [0.15, 0.2) is 35.5 Å². The summed E-state index contributed by atoms with van der Waals surface area (Å²) in [6, 6.07) is 117. The third kappa shape index (κ3) is 26.3. The van der Waals surface area contributed by atoms with Crippen molar-refractivity contribution >= 4 is 44.1 Å². The van der Waals surface area contributed by atoms with Gasteiger partial charge in [0, 0.05) is 57.1 Å². The van der Waals surface area contributed by atoms with Crippen LogP contribution in [0.2, 0.25) is 0 Å². The molecule has 21 rings (SSSR count). The highest BCUT2D eigenvalue weighted by molar-refractivity contribution is 5.81. The Morgan fingerprint density at radius 1 is 0.278 bits per heavy atom. The van der Waals surface area contributed by atoms with Crippen molar-refractivity contribution in [3.8, 4) is 80.5 Å². The predicted molar refractivity (Wildman–Crippen MR) is 561 cm³/mol. The average Bonchev–Trinajstić information content (AvgIpc) is 1.25. The van der Waals surface area contributed by atoms with Gasteiger partial charge in [-0.2, -0.15) is 0 Å². The van der Waals surface area contributed by atoms with Crippen LogP contribution in [0.15, 0.2) is 388 Å². The van der Waals surface area contributed by atoms with Gasteiger partial charge in [-0.3, -0.25) is 0 Å². The van der Waals surface area contributed by atoms with Gasteiger partial charge in [-0.1, -0.05) is 197 Å². The van der Waals surface area contributed by atoms with Crippen molar-refractivity contribution in [2.24, 2.45) is 0 Å². The van der Waals surface area contributed by atoms with E-state index in [1.807, 2.05) is 395 Å². The number of hydrogen-bond acceptors (Lipinski definition) is 20. The number of nitrogens with zero attached hydrogens (tertiary/aromatic N) is 2. The molecule has 16 aromatic carbocycles. The number of aromatic nitrogens is 2. The summed E-state index contributed by atoms with van der Waals surface area (Å²) >= 11 is 0. The third-order valence-corrected chi connectivity index (χ3v) is 23.7. The number of aryl methyl sites for hydroxylation is 12. The molecule has 20 aromatic rings. The highest BCUT2D eigenvalue weighted by atomic mass is 16.7. The van der Waals surface area contributed by atoms with Gasteiger partial charge in [-0.15, -0.1) is 0 Å². The highest BCUT2D eigenvalue weighted by Gasteiger charge is 2.27. The van der Waals surface area contributed by atoms with E-state index in [1.54, 1.807) is 14.2 Å². The normalized spacial score (nSPS) is 11.3. The van der Waals surface area contributed by atoms with Crippen LogP contribution in [-0.4, -0.2) is 30.8 Å². The van der Waals surface area contributed by atoms with Gasteiger partial charge in [0.05, 0.1) is 20.8 Å². The molecular formula is C124H114N2O18. The van der Waals surface area contributed by atoms with Gasteiger partial charge in [0.2, 0.25) is 0 Å². The van der Waals surface area contributed by atoms with Gasteiger partial charge in [-0.25, -0.2) is 9.97 Å². The number of rotatable bonds is 30. The minimum absolute atomic E-state index is 0.433. The smallest absolute Gasteiger partial charge is 0.267 e. The fourth-order valence-corrected chi connectivity index (χ4v) is 16.2. The second kappa shape index (κ2) is 46.7. The summed E-state index contributed by atoms with van der Waals surface area (Å²) < 4.78 is 107. The van der Waals surface area contributed by atoms with E-state index in [0.717, 1.165) is 170 Å². The lowest BCUT2D eigenvalue weighted by atomic mass is 10.1. The van der Waals surface area contributed by atoms with Crippen LogP contribution in [0, 0.1) is 83.1 Å². The molecule has 0 amide bonds. The largest absolute Gasteiger partial charge is 0.496 e. The molecule has 0 saturated heterocycles. The molecule has 1 aliphatic rings. The van der Waals surface area contributed by atoms with Crippen LogP contribution in [0.25, 0.3) is 44.1 Å². The van der Waals surface area contributed by atoms with E-state index in [9.17, 15) is 0 Å². The number of ether oxygens (including phenoxy) is 14. The molecule has 0 fully saturated rings. The first kappa shape index (κ1) is 98.3. The highest BCUT2D eigenvalue weighted by Crippen LogP contribution is 2.41. The molecule has 0 unspecified atom stereocenters. The molecule has 0 atom stereocenters. The van der Waals surface area contributed by atoms with E-state index in [0.29, 0.717) is 41.1 Å². The van der Waals surface area contributed by atoms with Gasteiger partial charge >= 0.3 is 0 Å². The van der Waals surface area contributed by atoms with Crippen LogP contribution >= 0.6 is 0 Å². The van der Waals surface area contributed by atoms with Crippen LogP contribution in [0.1, 0.15) is 138 Å². The summed E-state index contributed by atoms with van der Waals surface area (Å²) in [5.41, 5.74) is 22.6. The topological polar surface area (TPSA) is 208 Å². The molecule has 0 saturated carbocycles. The molecule has 0 radical (unpaired) electrons. The van der Waals surface area contributed by atoms with E-state index in [4.69, 9.17) is 84.0 Å². The Balaban J connectivity index is 0.000000124. The Labute approximate surface area is 838 Å². The van der Waals surface area contributed by atoms with E-state index < -0.39 is 31.5 Å². The fourth-order valence-electron chi connectivity index (χ4n) is 16.2. The van der Waals surface area contributed by atoms with Gasteiger partial charge < -0.3 is 84.0 Å². The van der Waals surface area contributed by atoms with Gasteiger partial charge in [0.25, 0.3) is 31.5 Å². The molecule has 20 nitrogen and oxygen atoms in total. The van der Waals surface area contributed by atoms with Crippen LogP contribution in [-0.2, 0) is 13.0 Å². The van der Waals surface area contributed by atoms with Crippen molar-refractivity contribution in [1.82, 2.24) is 9.97 Å². The molecule has 728 valence electrons. The summed E-state index contributed by atoms with van der Waals surface area (Å²) in [6.45, 7) is 25.3. The van der Waals surface area contributed by atoms with Gasteiger partial charge in [-0.05, 0) is 298 Å². The molecule has 144 heavy (non-hydrogen) atoms. The maximum absolute atomic E-state index is 6.26. The average molecular weight is 1920 g/mol. The molecular weight excluding hydrogens is 1810 g/mol. The molecule has 20 heteroatoms. The van der Waals surface area contributed by atoms with Crippen molar-refractivity contribution in [3.05, 3.63) is 477 Å². The first-order valence-electron chi connectivity index (χ1n) is 47.7. The quantitative estimate of drug-likeness (QED) is 0.0383. The zero-order valence-corrected chi connectivity index (χ0v) is 83.0. The van der Waals surface area contributed by atoms with Crippen molar-refractivity contribution in [3.63, 3.8) is 0 Å². The van der Waals surface area contributed by atoms with Crippen LogP contribution in [0.3, 0.4) is 0 Å². The minimum Gasteiger partial charge on any atom is -0.496 e. The third-order valence-electron chi connectivity index (χ3n) is 23.7. The Hall–Kier alpha value is -17.3. The number of oxazole rings is 2. The molecule has 0 spiro atoms. The molecule has 0 aliphatic carbocycles. The summed E-state index contributed by atoms with van der Waals surface area (Å²) in [6.07, 6.45) is 0.803. The van der Waals surface area contributed by atoms with Crippen LogP contribution in [0.5, 0.6) is 80.5 Å². The Morgan fingerprint density at radius 3 is 1.01 bits per heavy atom. The molecule has 0 bridgehead atoms. The van der Waals surface area contributed by atoms with E-state index in [-0.39, 0.29) is 0 Å². The summed E-state index contributed by atoms with van der Waals surface area (Å²) in [5.74, 6) is 12.1. The SMILES string of the molecule is COc1c(C)cc(C(Oc2ccc(C)cc2)Oc2ccc(C)cc2)cc1C.COc1ccc(C(Oc2ccc(C)cc2)Oc2ccc(C)cc2)cc1OCc1ccccc1.Cc1cc(OC(Oc2cc(C)c3ocnc3c2)c2ccccc2)cc2ncoc12.Cc1cc2cc(OC(Oc3ccc4oc(C)cc4c3)c3ccccc3)ccc2o1.Cc1ccc(OC(Oc2ccc(C)cc2)c2ccc3c(c2)CCO3)cc1. The number of methoxy groups -OCH3 is 2. The minimum atomic E-state index is -0.666. The first-order chi connectivity index (χ1) is 70.0. The first-order valence-corrected chi connectivity index (χ1v) is 47.7. The van der Waals surface area contributed by atoms with Crippen molar-refractivity contribution in [1.29, 1.82) is 0 Å².